The first-order valence-corrected chi connectivity index (χ1v) is 13.8. The first-order valence-electron chi connectivity index (χ1n) is 12.4. The Morgan fingerprint density at radius 3 is 2.03 bits per heavy atom. The summed E-state index contributed by atoms with van der Waals surface area (Å²) in [6, 6.07) is 17.8. The van der Waals surface area contributed by atoms with E-state index in [4.69, 9.17) is 0 Å². The van der Waals surface area contributed by atoms with Gasteiger partial charge in [-0.05, 0) is 87.7 Å². The maximum Gasteiger partial charge on any atom is 0.264 e. The zero-order chi connectivity index (χ0) is 28.0. The van der Waals surface area contributed by atoms with E-state index < -0.39 is 34.3 Å². The highest BCUT2D eigenvalue weighted by atomic mass is 32.2. The molecule has 202 valence electrons. The van der Waals surface area contributed by atoms with Crippen LogP contribution in [-0.2, 0) is 26.2 Å². The zero-order valence-electron chi connectivity index (χ0n) is 22.3. The molecule has 0 spiro atoms. The van der Waals surface area contributed by atoms with Gasteiger partial charge >= 0.3 is 0 Å². The third-order valence-electron chi connectivity index (χ3n) is 5.97. The summed E-state index contributed by atoms with van der Waals surface area (Å²) in [5.74, 6) is -1.37. The number of amides is 2. The minimum Gasteiger partial charge on any atom is -0.352 e. The lowest BCUT2D eigenvalue weighted by atomic mass is 10.1. The standard InChI is InChI=1S/C29H34FN3O4S/c1-20(2)31-29(35)23(5)32(18-24-11-13-25(30)14-12-24)28(34)19-33(26-16-21(3)15-22(4)17-26)38(36,37)27-9-7-6-8-10-27/h6-17,20,23H,18-19H2,1-5H3,(H,31,35). The van der Waals surface area contributed by atoms with Gasteiger partial charge in [-0.2, -0.15) is 0 Å². The molecule has 0 fully saturated rings. The third-order valence-corrected chi connectivity index (χ3v) is 7.76. The van der Waals surface area contributed by atoms with Crippen molar-refractivity contribution in [2.24, 2.45) is 0 Å². The van der Waals surface area contributed by atoms with Crippen molar-refractivity contribution in [1.29, 1.82) is 0 Å². The Kier molecular flexibility index (Phi) is 9.27. The number of hydrogen-bond donors (Lipinski definition) is 1. The van der Waals surface area contributed by atoms with Gasteiger partial charge in [-0.25, -0.2) is 12.8 Å². The Labute approximate surface area is 224 Å². The lowest BCUT2D eigenvalue weighted by Crippen LogP contribution is -2.52. The van der Waals surface area contributed by atoms with Crippen molar-refractivity contribution in [3.8, 4) is 0 Å². The van der Waals surface area contributed by atoms with E-state index in [0.717, 1.165) is 15.4 Å². The zero-order valence-corrected chi connectivity index (χ0v) is 23.1. The molecule has 0 saturated heterocycles. The lowest BCUT2D eigenvalue weighted by Gasteiger charge is -2.32. The normalized spacial score (nSPS) is 12.2. The van der Waals surface area contributed by atoms with E-state index >= 15 is 0 Å². The molecule has 38 heavy (non-hydrogen) atoms. The Hall–Kier alpha value is -3.72. The van der Waals surface area contributed by atoms with Gasteiger partial charge in [-0.1, -0.05) is 36.4 Å². The van der Waals surface area contributed by atoms with E-state index in [1.165, 1.54) is 41.3 Å². The van der Waals surface area contributed by atoms with Gasteiger partial charge < -0.3 is 10.2 Å². The summed E-state index contributed by atoms with van der Waals surface area (Å²) in [5, 5.41) is 2.80. The number of rotatable bonds is 10. The van der Waals surface area contributed by atoms with Crippen molar-refractivity contribution >= 4 is 27.5 Å². The molecule has 0 saturated carbocycles. The average molecular weight is 540 g/mol. The summed E-state index contributed by atoms with van der Waals surface area (Å²) in [7, 11) is -4.12. The Morgan fingerprint density at radius 1 is 0.895 bits per heavy atom. The molecule has 0 aliphatic heterocycles. The minimum absolute atomic E-state index is 0.00212. The molecule has 0 aliphatic carbocycles. The Balaban J connectivity index is 2.05. The molecular formula is C29H34FN3O4S. The van der Waals surface area contributed by atoms with Crippen LogP contribution in [0.15, 0.2) is 77.7 Å². The summed E-state index contributed by atoms with van der Waals surface area (Å²) in [5.41, 5.74) is 2.63. The highest BCUT2D eigenvalue weighted by Gasteiger charge is 2.32. The lowest BCUT2D eigenvalue weighted by molar-refractivity contribution is -0.139. The molecular weight excluding hydrogens is 505 g/mol. The molecule has 0 heterocycles. The number of hydrogen-bond acceptors (Lipinski definition) is 4. The number of nitrogens with one attached hydrogen (secondary N) is 1. The van der Waals surface area contributed by atoms with Gasteiger partial charge in [0.1, 0.15) is 18.4 Å². The van der Waals surface area contributed by atoms with E-state index in [-0.39, 0.29) is 23.4 Å². The van der Waals surface area contributed by atoms with Crippen LogP contribution in [0.4, 0.5) is 10.1 Å². The molecule has 0 aliphatic rings. The van der Waals surface area contributed by atoms with E-state index in [1.54, 1.807) is 37.3 Å². The van der Waals surface area contributed by atoms with E-state index in [2.05, 4.69) is 5.32 Å². The smallest absolute Gasteiger partial charge is 0.264 e. The van der Waals surface area contributed by atoms with Crippen LogP contribution < -0.4 is 9.62 Å². The second kappa shape index (κ2) is 12.2. The van der Waals surface area contributed by atoms with Crippen molar-refractivity contribution < 1.29 is 22.4 Å². The van der Waals surface area contributed by atoms with E-state index in [9.17, 15) is 22.4 Å². The van der Waals surface area contributed by atoms with Crippen LogP contribution in [0.25, 0.3) is 0 Å². The van der Waals surface area contributed by atoms with Crippen molar-refractivity contribution in [2.75, 3.05) is 10.8 Å². The number of halogens is 1. The largest absolute Gasteiger partial charge is 0.352 e. The monoisotopic (exact) mass is 539 g/mol. The number of carbonyl (C=O) groups excluding carboxylic acids is 2. The number of nitrogens with zero attached hydrogens (tertiary/aromatic N) is 2. The minimum atomic E-state index is -4.12. The first-order chi connectivity index (χ1) is 17.9. The molecule has 7 nitrogen and oxygen atoms in total. The second-order valence-corrected chi connectivity index (χ2v) is 11.5. The molecule has 0 aromatic heterocycles. The third kappa shape index (κ3) is 7.19. The number of carbonyl (C=O) groups is 2. The summed E-state index contributed by atoms with van der Waals surface area (Å²) < 4.78 is 42.2. The molecule has 2 amide bonds. The average Bonchev–Trinajstić information content (AvgIpc) is 2.85. The van der Waals surface area contributed by atoms with Crippen LogP contribution in [0, 0.1) is 19.7 Å². The van der Waals surface area contributed by atoms with Gasteiger partial charge in [0, 0.05) is 12.6 Å². The predicted octanol–water partition coefficient (Wildman–Crippen LogP) is 4.58. The Bertz CT molecular complexity index is 1360. The number of benzene rings is 3. The first kappa shape index (κ1) is 28.8. The fraction of sp³-hybridized carbons (Fsp3) is 0.310. The van der Waals surface area contributed by atoms with Crippen LogP contribution in [0.5, 0.6) is 0 Å². The molecule has 1 unspecified atom stereocenters. The predicted molar refractivity (Wildman–Crippen MR) is 147 cm³/mol. The van der Waals surface area contributed by atoms with E-state index in [1.807, 2.05) is 33.8 Å². The maximum absolute atomic E-state index is 13.8. The van der Waals surface area contributed by atoms with Gasteiger partial charge in [0.2, 0.25) is 11.8 Å². The van der Waals surface area contributed by atoms with Crippen LogP contribution >= 0.6 is 0 Å². The van der Waals surface area contributed by atoms with Gasteiger partial charge in [-0.3, -0.25) is 13.9 Å². The Morgan fingerprint density at radius 2 is 1.47 bits per heavy atom. The van der Waals surface area contributed by atoms with Gasteiger partial charge in [-0.15, -0.1) is 0 Å². The molecule has 9 heteroatoms. The number of aryl methyl sites for hydroxylation is 2. The number of anilines is 1. The fourth-order valence-electron chi connectivity index (χ4n) is 4.12. The highest BCUT2D eigenvalue weighted by Crippen LogP contribution is 2.26. The van der Waals surface area contributed by atoms with Crippen LogP contribution in [-0.4, -0.2) is 43.8 Å². The molecule has 1 N–H and O–H groups in total. The summed E-state index contributed by atoms with van der Waals surface area (Å²) in [6.45, 7) is 8.38. The molecule has 1 atom stereocenters. The second-order valence-electron chi connectivity index (χ2n) is 9.66. The van der Waals surface area contributed by atoms with Crippen molar-refractivity contribution in [2.45, 2.75) is 58.1 Å². The quantitative estimate of drug-likeness (QED) is 0.409. The van der Waals surface area contributed by atoms with Crippen LogP contribution in [0.2, 0.25) is 0 Å². The van der Waals surface area contributed by atoms with Crippen molar-refractivity contribution in [1.82, 2.24) is 10.2 Å². The van der Waals surface area contributed by atoms with Gasteiger partial charge in [0.15, 0.2) is 0 Å². The molecule has 0 radical (unpaired) electrons. The van der Waals surface area contributed by atoms with Crippen LogP contribution in [0.1, 0.15) is 37.5 Å². The van der Waals surface area contributed by atoms with Crippen molar-refractivity contribution in [3.63, 3.8) is 0 Å². The summed E-state index contributed by atoms with van der Waals surface area (Å²) >= 11 is 0. The topological polar surface area (TPSA) is 86.8 Å². The maximum atomic E-state index is 13.8. The van der Waals surface area contributed by atoms with Crippen LogP contribution in [0.3, 0.4) is 0 Å². The summed E-state index contributed by atoms with van der Waals surface area (Å²) in [6.07, 6.45) is 0. The molecule has 3 aromatic carbocycles. The van der Waals surface area contributed by atoms with Gasteiger partial charge in [0.05, 0.1) is 10.6 Å². The summed E-state index contributed by atoms with van der Waals surface area (Å²) in [4.78, 5) is 28.1. The highest BCUT2D eigenvalue weighted by molar-refractivity contribution is 7.92. The molecule has 3 aromatic rings. The molecule has 0 bridgehead atoms. The van der Waals surface area contributed by atoms with Gasteiger partial charge in [0.25, 0.3) is 10.0 Å². The van der Waals surface area contributed by atoms with Crippen molar-refractivity contribution in [3.05, 3.63) is 95.3 Å². The number of sulfonamides is 1. The molecule has 3 rings (SSSR count). The fourth-order valence-corrected chi connectivity index (χ4v) is 5.54. The van der Waals surface area contributed by atoms with E-state index in [0.29, 0.717) is 11.3 Å². The SMILES string of the molecule is Cc1cc(C)cc(N(CC(=O)N(Cc2ccc(F)cc2)C(C)C(=O)NC(C)C)S(=O)(=O)c2ccccc2)c1.